The molecule has 0 saturated carbocycles. The molecule has 1 fully saturated rings. The summed E-state index contributed by atoms with van der Waals surface area (Å²) >= 11 is 6.24. The number of hydrogen-bond acceptors (Lipinski definition) is 5. The number of piperidine rings is 1. The summed E-state index contributed by atoms with van der Waals surface area (Å²) in [6.07, 6.45) is 6.72. The Morgan fingerprint density at radius 3 is 2.65 bits per heavy atom. The van der Waals surface area contributed by atoms with Crippen LogP contribution in [0, 0.1) is 0 Å². The predicted molar refractivity (Wildman–Crippen MR) is 118 cm³/mol. The fourth-order valence-corrected chi connectivity index (χ4v) is 4.08. The number of aromatic nitrogens is 4. The van der Waals surface area contributed by atoms with Gasteiger partial charge in [-0.1, -0.05) is 53.2 Å². The van der Waals surface area contributed by atoms with Crippen molar-refractivity contribution in [3.05, 3.63) is 77.5 Å². The summed E-state index contributed by atoms with van der Waals surface area (Å²) in [5.74, 6) is 1.35. The molecular formula is C23H20ClN5O2. The van der Waals surface area contributed by atoms with Crippen LogP contribution >= 0.6 is 11.6 Å². The van der Waals surface area contributed by atoms with Gasteiger partial charge in [0.1, 0.15) is 5.65 Å². The molecule has 0 aliphatic carbocycles. The van der Waals surface area contributed by atoms with Crippen molar-refractivity contribution in [3.8, 4) is 11.4 Å². The second kappa shape index (κ2) is 8.35. The summed E-state index contributed by atoms with van der Waals surface area (Å²) < 4.78 is 7.36. The van der Waals surface area contributed by atoms with Gasteiger partial charge in [0.05, 0.1) is 5.69 Å². The number of amides is 1. The minimum atomic E-state index is -0.0455. The fraction of sp³-hybridized carbons (Fsp3) is 0.217. The molecule has 1 saturated heterocycles. The van der Waals surface area contributed by atoms with Crippen LogP contribution in [-0.2, 0) is 4.79 Å². The van der Waals surface area contributed by atoms with E-state index < -0.39 is 0 Å². The van der Waals surface area contributed by atoms with Gasteiger partial charge in [-0.15, -0.1) is 0 Å². The van der Waals surface area contributed by atoms with E-state index in [0.717, 1.165) is 24.1 Å². The second-order valence-electron chi connectivity index (χ2n) is 7.47. The summed E-state index contributed by atoms with van der Waals surface area (Å²) in [6.45, 7) is 1.27. The van der Waals surface area contributed by atoms with Gasteiger partial charge in [0.2, 0.25) is 17.6 Å². The lowest BCUT2D eigenvalue weighted by atomic mass is 9.96. The van der Waals surface area contributed by atoms with Gasteiger partial charge in [-0.05, 0) is 31.1 Å². The molecule has 0 atom stereocenters. The van der Waals surface area contributed by atoms with E-state index in [0.29, 0.717) is 35.7 Å². The summed E-state index contributed by atoms with van der Waals surface area (Å²) in [4.78, 5) is 23.4. The highest BCUT2D eigenvalue weighted by molar-refractivity contribution is 6.31. The van der Waals surface area contributed by atoms with Gasteiger partial charge in [0, 0.05) is 36.8 Å². The van der Waals surface area contributed by atoms with E-state index in [2.05, 4.69) is 15.1 Å². The predicted octanol–water partition coefficient (Wildman–Crippen LogP) is 4.46. The van der Waals surface area contributed by atoms with Crippen LogP contribution in [0.4, 0.5) is 0 Å². The van der Waals surface area contributed by atoms with E-state index in [4.69, 9.17) is 16.1 Å². The van der Waals surface area contributed by atoms with Crippen molar-refractivity contribution in [2.24, 2.45) is 0 Å². The minimum absolute atomic E-state index is 0.0455. The van der Waals surface area contributed by atoms with E-state index >= 15 is 0 Å². The van der Waals surface area contributed by atoms with Crippen molar-refractivity contribution in [3.63, 3.8) is 0 Å². The molecule has 156 valence electrons. The summed E-state index contributed by atoms with van der Waals surface area (Å²) in [5, 5.41) is 4.48. The third-order valence-corrected chi connectivity index (χ3v) is 5.81. The average Bonchev–Trinajstić information content (AvgIpc) is 3.43. The molecule has 0 unspecified atom stereocenters. The molecule has 1 aliphatic rings. The Hall–Kier alpha value is -3.45. The second-order valence-corrected chi connectivity index (χ2v) is 7.83. The smallest absolute Gasteiger partial charge is 0.246 e. The molecule has 0 radical (unpaired) electrons. The lowest BCUT2D eigenvalue weighted by Crippen LogP contribution is -2.36. The highest BCUT2D eigenvalue weighted by Crippen LogP contribution is 2.29. The molecule has 0 spiro atoms. The average molecular weight is 434 g/mol. The topological polar surface area (TPSA) is 76.5 Å². The number of benzene rings is 1. The van der Waals surface area contributed by atoms with Gasteiger partial charge in [-0.25, -0.2) is 4.98 Å². The number of rotatable bonds is 4. The van der Waals surface area contributed by atoms with Crippen LogP contribution in [0.25, 0.3) is 23.1 Å². The molecule has 1 amide bonds. The van der Waals surface area contributed by atoms with Crippen molar-refractivity contribution in [2.45, 2.75) is 18.8 Å². The van der Waals surface area contributed by atoms with Gasteiger partial charge in [-0.2, -0.15) is 4.98 Å². The van der Waals surface area contributed by atoms with E-state index in [9.17, 15) is 4.79 Å². The first-order valence-corrected chi connectivity index (χ1v) is 10.6. The zero-order valence-electron chi connectivity index (χ0n) is 16.7. The lowest BCUT2D eigenvalue weighted by Gasteiger charge is -2.29. The highest BCUT2D eigenvalue weighted by Gasteiger charge is 2.27. The maximum Gasteiger partial charge on any atom is 0.246 e. The molecule has 1 aromatic carbocycles. The number of hydrogen-bond donors (Lipinski definition) is 0. The Morgan fingerprint density at radius 1 is 1.06 bits per heavy atom. The first kappa shape index (κ1) is 19.5. The number of nitrogens with zero attached hydrogens (tertiary/aromatic N) is 5. The van der Waals surface area contributed by atoms with Crippen LogP contribution in [0.2, 0.25) is 5.15 Å². The van der Waals surface area contributed by atoms with Crippen LogP contribution in [0.3, 0.4) is 0 Å². The normalized spacial score (nSPS) is 15.2. The van der Waals surface area contributed by atoms with E-state index in [1.807, 2.05) is 64.0 Å². The van der Waals surface area contributed by atoms with Crippen molar-refractivity contribution < 1.29 is 9.32 Å². The first-order valence-electron chi connectivity index (χ1n) is 10.2. The molecule has 7 nitrogen and oxygen atoms in total. The van der Waals surface area contributed by atoms with Crippen LogP contribution in [-0.4, -0.2) is 43.4 Å². The number of pyridine rings is 1. The van der Waals surface area contributed by atoms with Gasteiger partial charge in [-0.3, -0.25) is 9.20 Å². The quantitative estimate of drug-likeness (QED) is 0.444. The molecular weight excluding hydrogens is 414 g/mol. The fourth-order valence-electron chi connectivity index (χ4n) is 3.84. The Kier molecular flexibility index (Phi) is 5.26. The maximum absolute atomic E-state index is 12.7. The van der Waals surface area contributed by atoms with Gasteiger partial charge >= 0.3 is 0 Å². The summed E-state index contributed by atoms with van der Waals surface area (Å²) in [6, 6.07) is 15.4. The Balaban J connectivity index is 1.22. The largest absolute Gasteiger partial charge is 0.339 e. The van der Waals surface area contributed by atoms with Crippen LogP contribution in [0.5, 0.6) is 0 Å². The van der Waals surface area contributed by atoms with Crippen molar-refractivity contribution in [1.29, 1.82) is 0 Å². The summed E-state index contributed by atoms with van der Waals surface area (Å²) in [7, 11) is 0. The molecule has 0 N–H and O–H groups in total. The van der Waals surface area contributed by atoms with Gasteiger partial charge in [0.25, 0.3) is 0 Å². The lowest BCUT2D eigenvalue weighted by molar-refractivity contribution is -0.127. The number of fused-ring (bicyclic) bond motifs is 1. The molecule has 4 aromatic rings. The van der Waals surface area contributed by atoms with Gasteiger partial charge < -0.3 is 9.42 Å². The zero-order valence-corrected chi connectivity index (χ0v) is 17.4. The van der Waals surface area contributed by atoms with E-state index in [-0.39, 0.29) is 11.8 Å². The Labute approximate surface area is 184 Å². The van der Waals surface area contributed by atoms with E-state index in [1.54, 1.807) is 12.2 Å². The molecule has 1 aliphatic heterocycles. The monoisotopic (exact) mass is 433 g/mol. The minimum Gasteiger partial charge on any atom is -0.339 e. The zero-order chi connectivity index (χ0) is 21.2. The number of imidazole rings is 1. The summed E-state index contributed by atoms with van der Waals surface area (Å²) in [5.41, 5.74) is 2.37. The Bertz CT molecular complexity index is 1240. The molecule has 5 rings (SSSR count). The first-order chi connectivity index (χ1) is 15.2. The van der Waals surface area contributed by atoms with Crippen LogP contribution < -0.4 is 0 Å². The third kappa shape index (κ3) is 3.96. The van der Waals surface area contributed by atoms with Crippen molar-refractivity contribution in [2.75, 3.05) is 13.1 Å². The highest BCUT2D eigenvalue weighted by atomic mass is 35.5. The molecule has 4 heterocycles. The van der Waals surface area contributed by atoms with E-state index in [1.165, 1.54) is 0 Å². The number of halogens is 1. The number of carbonyl (C=O) groups excluding carboxylic acids is 1. The standard InChI is InChI=1S/C23H20ClN5O2/c24-21-18(29-13-5-4-8-19(29)25-21)9-10-20(30)28-14-11-17(12-15-28)23-26-22(27-31-23)16-6-2-1-3-7-16/h1-10,13,17H,11-12,14-15H2. The number of likely N-dealkylation sites (tertiary alicyclic amines) is 1. The third-order valence-electron chi connectivity index (χ3n) is 5.54. The molecule has 0 bridgehead atoms. The van der Waals surface area contributed by atoms with Crippen molar-refractivity contribution >= 4 is 29.2 Å². The number of carbonyl (C=O) groups is 1. The van der Waals surface area contributed by atoms with Gasteiger partial charge in [0.15, 0.2) is 5.15 Å². The molecule has 3 aromatic heterocycles. The van der Waals surface area contributed by atoms with Crippen LogP contribution in [0.1, 0.15) is 30.3 Å². The molecule has 8 heteroatoms. The maximum atomic E-state index is 12.7. The molecule has 31 heavy (non-hydrogen) atoms. The Morgan fingerprint density at radius 2 is 1.84 bits per heavy atom. The van der Waals surface area contributed by atoms with Crippen LogP contribution in [0.15, 0.2) is 65.3 Å². The SMILES string of the molecule is O=C(C=Cc1c(Cl)nc2ccccn12)N1CCC(c2nc(-c3ccccc3)no2)CC1. The van der Waals surface area contributed by atoms with Crippen molar-refractivity contribution in [1.82, 2.24) is 24.4 Å².